The molecule has 2 nitrogen and oxygen atoms in total. The average Bonchev–Trinajstić information content (AvgIpc) is 3.05. The van der Waals surface area contributed by atoms with Crippen LogP contribution in [0.15, 0.2) is 91.0 Å². The van der Waals surface area contributed by atoms with E-state index in [1.54, 1.807) is 48.5 Å². The van der Waals surface area contributed by atoms with Crippen molar-refractivity contribution in [3.63, 3.8) is 0 Å². The molecule has 1 aliphatic carbocycles. The lowest BCUT2D eigenvalue weighted by molar-refractivity contribution is -0.274. The summed E-state index contributed by atoms with van der Waals surface area (Å²) >= 11 is 0. The van der Waals surface area contributed by atoms with E-state index in [-0.39, 0.29) is 23.6 Å². The second-order valence-corrected chi connectivity index (χ2v) is 12.2. The first-order valence-corrected chi connectivity index (χ1v) is 15.9. The third kappa shape index (κ3) is 7.58. The summed E-state index contributed by atoms with van der Waals surface area (Å²) in [7, 11) is 0. The highest BCUT2D eigenvalue weighted by Crippen LogP contribution is 2.39. The molecular weight excluding hydrogens is 614 g/mol. The average molecular weight is 649 g/mol. The predicted octanol–water partition coefficient (Wildman–Crippen LogP) is 12.1. The number of hydrogen-bond acceptors (Lipinski definition) is 2. The molecule has 0 aromatic heterocycles. The molecule has 0 unspecified atom stereocenters. The van der Waals surface area contributed by atoms with Crippen molar-refractivity contribution in [3.05, 3.63) is 120 Å². The largest absolute Gasteiger partial charge is 0.573 e. The minimum Gasteiger partial charge on any atom is -0.483 e. The van der Waals surface area contributed by atoms with Crippen LogP contribution in [-0.2, 0) is 6.61 Å². The van der Waals surface area contributed by atoms with E-state index in [4.69, 9.17) is 4.74 Å². The normalized spacial score (nSPS) is 16.7. The summed E-state index contributed by atoms with van der Waals surface area (Å²) in [4.78, 5) is 0. The molecular formula is C39H34F6O2. The lowest BCUT2D eigenvalue weighted by Crippen LogP contribution is -2.16. The number of ether oxygens (including phenoxy) is 2. The Kier molecular flexibility index (Phi) is 9.48. The topological polar surface area (TPSA) is 18.5 Å². The summed E-state index contributed by atoms with van der Waals surface area (Å²) < 4.78 is 92.7. The number of fused-ring (bicyclic) bond motifs is 1. The number of rotatable bonds is 9. The van der Waals surface area contributed by atoms with Crippen LogP contribution < -0.4 is 9.47 Å². The first-order valence-electron chi connectivity index (χ1n) is 15.9. The molecule has 6 rings (SSSR count). The van der Waals surface area contributed by atoms with E-state index in [0.29, 0.717) is 33.6 Å². The fraction of sp³-hybridized carbons (Fsp3) is 0.282. The van der Waals surface area contributed by atoms with Crippen molar-refractivity contribution >= 4 is 10.8 Å². The molecule has 1 fully saturated rings. The number of hydrogen-bond donors (Lipinski definition) is 0. The molecule has 0 bridgehead atoms. The van der Waals surface area contributed by atoms with Gasteiger partial charge in [0.25, 0.3) is 0 Å². The van der Waals surface area contributed by atoms with Crippen LogP contribution >= 0.6 is 0 Å². The van der Waals surface area contributed by atoms with Crippen molar-refractivity contribution in [1.82, 2.24) is 0 Å². The van der Waals surface area contributed by atoms with E-state index >= 15 is 13.2 Å². The summed E-state index contributed by atoms with van der Waals surface area (Å²) in [6.07, 6.45) is 2.15. The Balaban J connectivity index is 1.13. The number of halogens is 6. The van der Waals surface area contributed by atoms with Gasteiger partial charge in [0.1, 0.15) is 18.2 Å². The van der Waals surface area contributed by atoms with Crippen LogP contribution in [0.2, 0.25) is 0 Å². The van der Waals surface area contributed by atoms with Gasteiger partial charge >= 0.3 is 6.36 Å². The quantitative estimate of drug-likeness (QED) is 0.148. The van der Waals surface area contributed by atoms with Gasteiger partial charge in [-0.05, 0) is 101 Å². The molecule has 47 heavy (non-hydrogen) atoms. The number of benzene rings is 5. The SMILES string of the molecule is CCCC1CCC(c2ccc(-c3ccc4c(F)c(OCc5ccc(-c6ccc(OC(F)(F)F)cc6)cc5)c(F)cc4c3)c(F)c2)CC1. The fourth-order valence-electron chi connectivity index (χ4n) is 6.62. The van der Waals surface area contributed by atoms with E-state index in [0.717, 1.165) is 29.9 Å². The molecule has 0 spiro atoms. The summed E-state index contributed by atoms with van der Waals surface area (Å²) in [6.45, 7) is 2.09. The Hall–Kier alpha value is -4.46. The van der Waals surface area contributed by atoms with Gasteiger partial charge in [-0.3, -0.25) is 0 Å². The fourth-order valence-corrected chi connectivity index (χ4v) is 6.62. The molecule has 0 N–H and O–H groups in total. The van der Waals surface area contributed by atoms with Crippen LogP contribution in [0.25, 0.3) is 33.0 Å². The van der Waals surface area contributed by atoms with Gasteiger partial charge in [-0.15, -0.1) is 13.2 Å². The maximum Gasteiger partial charge on any atom is 0.573 e. The van der Waals surface area contributed by atoms with Crippen LogP contribution in [0.1, 0.15) is 62.5 Å². The highest BCUT2D eigenvalue weighted by Gasteiger charge is 2.31. The molecule has 244 valence electrons. The second kappa shape index (κ2) is 13.7. The van der Waals surface area contributed by atoms with Crippen molar-refractivity contribution in [2.75, 3.05) is 0 Å². The zero-order chi connectivity index (χ0) is 33.1. The molecule has 1 aliphatic rings. The second-order valence-electron chi connectivity index (χ2n) is 12.2. The van der Waals surface area contributed by atoms with Crippen LogP contribution in [0.4, 0.5) is 26.3 Å². The first kappa shape index (κ1) is 32.5. The van der Waals surface area contributed by atoms with Crippen molar-refractivity contribution in [2.24, 2.45) is 5.92 Å². The lowest BCUT2D eigenvalue weighted by Gasteiger charge is -2.28. The Morgan fingerprint density at radius 3 is 2.00 bits per heavy atom. The van der Waals surface area contributed by atoms with Gasteiger partial charge in [0, 0.05) is 10.9 Å². The molecule has 0 radical (unpaired) electrons. The summed E-state index contributed by atoms with van der Waals surface area (Å²) in [5.74, 6) is -1.79. The van der Waals surface area contributed by atoms with Gasteiger partial charge in [-0.2, -0.15) is 0 Å². The van der Waals surface area contributed by atoms with Crippen molar-refractivity contribution < 1.29 is 35.8 Å². The smallest absolute Gasteiger partial charge is 0.483 e. The third-order valence-corrected chi connectivity index (χ3v) is 9.06. The molecule has 0 aliphatic heterocycles. The Morgan fingerprint density at radius 1 is 0.702 bits per heavy atom. The van der Waals surface area contributed by atoms with Gasteiger partial charge in [0.05, 0.1) is 0 Å². The molecule has 0 amide bonds. The van der Waals surface area contributed by atoms with E-state index < -0.39 is 23.7 Å². The van der Waals surface area contributed by atoms with Crippen LogP contribution in [0, 0.1) is 23.4 Å². The van der Waals surface area contributed by atoms with Gasteiger partial charge in [-0.1, -0.05) is 80.4 Å². The first-order chi connectivity index (χ1) is 22.6. The van der Waals surface area contributed by atoms with Crippen LogP contribution in [0.3, 0.4) is 0 Å². The highest BCUT2D eigenvalue weighted by molar-refractivity contribution is 5.89. The van der Waals surface area contributed by atoms with Gasteiger partial charge < -0.3 is 9.47 Å². The van der Waals surface area contributed by atoms with E-state index in [2.05, 4.69) is 11.7 Å². The van der Waals surface area contributed by atoms with Crippen molar-refractivity contribution in [3.8, 4) is 33.8 Å². The van der Waals surface area contributed by atoms with Gasteiger partial charge in [0.15, 0.2) is 17.4 Å². The Labute approximate surface area is 270 Å². The van der Waals surface area contributed by atoms with Crippen LogP contribution in [0.5, 0.6) is 11.5 Å². The highest BCUT2D eigenvalue weighted by atomic mass is 19.4. The monoisotopic (exact) mass is 648 g/mol. The Morgan fingerprint density at radius 2 is 1.36 bits per heavy atom. The van der Waals surface area contributed by atoms with E-state index in [9.17, 15) is 13.2 Å². The third-order valence-electron chi connectivity index (χ3n) is 9.06. The molecule has 1 saturated carbocycles. The zero-order valence-electron chi connectivity index (χ0n) is 25.8. The molecule has 0 saturated heterocycles. The summed E-state index contributed by atoms with van der Waals surface area (Å²) in [5, 5.41) is 0.442. The maximum absolute atomic E-state index is 15.5. The van der Waals surface area contributed by atoms with Crippen LogP contribution in [-0.4, -0.2) is 6.36 Å². The van der Waals surface area contributed by atoms with E-state index in [1.165, 1.54) is 62.1 Å². The van der Waals surface area contributed by atoms with Crippen molar-refractivity contribution in [1.29, 1.82) is 0 Å². The molecule has 0 atom stereocenters. The summed E-state index contributed by atoms with van der Waals surface area (Å²) in [6, 6.07) is 23.6. The minimum absolute atomic E-state index is 0.117. The zero-order valence-corrected chi connectivity index (χ0v) is 25.8. The molecule has 5 aromatic rings. The molecule has 5 aromatic carbocycles. The Bertz CT molecular complexity index is 1840. The van der Waals surface area contributed by atoms with Gasteiger partial charge in [0.2, 0.25) is 0 Å². The molecule has 8 heteroatoms. The molecule has 0 heterocycles. The summed E-state index contributed by atoms with van der Waals surface area (Å²) in [5.41, 5.74) is 3.94. The predicted molar refractivity (Wildman–Crippen MR) is 172 cm³/mol. The lowest BCUT2D eigenvalue weighted by atomic mass is 9.77. The van der Waals surface area contributed by atoms with E-state index in [1.807, 2.05) is 6.07 Å². The standard InChI is InChI=1S/C39H34F6O2/c1-2-3-24-4-8-28(9-5-24)29-14-18-33(35(40)21-29)30-15-19-34-31(20-30)22-36(41)38(37(34)42)46-23-25-6-10-26(11-7-25)27-12-16-32(17-13-27)47-39(43,44)45/h6-7,10-22,24,28H,2-5,8-9,23H2,1H3. The minimum atomic E-state index is -4.77. The maximum atomic E-state index is 15.5. The van der Waals surface area contributed by atoms with Gasteiger partial charge in [-0.25, -0.2) is 13.2 Å². The number of alkyl halides is 3. The van der Waals surface area contributed by atoms with Crippen molar-refractivity contribution in [2.45, 2.75) is 64.3 Å².